The van der Waals surface area contributed by atoms with Crippen LogP contribution in [0.25, 0.3) is 0 Å². The first-order chi connectivity index (χ1) is 22.1. The van der Waals surface area contributed by atoms with Gasteiger partial charge in [0.15, 0.2) is 0 Å². The summed E-state index contributed by atoms with van der Waals surface area (Å²) in [7, 11) is 0. The summed E-state index contributed by atoms with van der Waals surface area (Å²) in [5, 5.41) is 69.1. The van der Waals surface area contributed by atoms with Gasteiger partial charge in [-0.25, -0.2) is 0 Å². The van der Waals surface area contributed by atoms with Gasteiger partial charge in [0.2, 0.25) is 0 Å². The summed E-state index contributed by atoms with van der Waals surface area (Å²) in [6.07, 6.45) is 26.3. The highest BCUT2D eigenvalue weighted by Gasteiger charge is 2.29. The number of unbranched alkanes of at least 4 members (excludes halogenated alkanes) is 19. The van der Waals surface area contributed by atoms with Gasteiger partial charge in [-0.2, -0.15) is 0 Å². The maximum atomic E-state index is 10.3. The lowest BCUT2D eigenvalue weighted by Crippen LogP contribution is -2.46. The quantitative estimate of drug-likeness (QED) is 0.0309. The summed E-state index contributed by atoms with van der Waals surface area (Å²) in [5.74, 6) is -1.32. The van der Waals surface area contributed by atoms with E-state index in [-0.39, 0.29) is 0 Å². The van der Waals surface area contributed by atoms with E-state index in [1.807, 2.05) is 0 Å². The van der Waals surface area contributed by atoms with Crippen molar-refractivity contribution in [3.8, 4) is 0 Å². The number of aliphatic hydroxyl groups is 6. The fraction of sp³-hybridized carbons (Fsp3) is 0.889. The minimum absolute atomic E-state index is 0.332. The molecule has 0 aliphatic heterocycles. The summed E-state index contributed by atoms with van der Waals surface area (Å²) in [4.78, 5) is 20.5. The lowest BCUT2D eigenvalue weighted by Gasteiger charge is -2.24. The zero-order chi connectivity index (χ0) is 35.3. The maximum absolute atomic E-state index is 10.3. The topological polar surface area (TPSA) is 196 Å². The molecule has 0 aromatic carbocycles. The Morgan fingerprint density at radius 2 is 0.717 bits per heavy atom. The van der Waals surface area contributed by atoms with Gasteiger partial charge < -0.3 is 40.9 Å². The summed E-state index contributed by atoms with van der Waals surface area (Å²) in [5.41, 5.74) is 0. The number of allylic oxidation sites excluding steroid dienone is 2. The van der Waals surface area contributed by atoms with Crippen molar-refractivity contribution in [1.82, 2.24) is 0 Å². The molecule has 0 saturated carbocycles. The summed E-state index contributed by atoms with van der Waals surface area (Å²) in [6, 6.07) is 0. The van der Waals surface area contributed by atoms with Gasteiger partial charge >= 0.3 is 11.9 Å². The number of carboxylic acid groups (broad SMARTS) is 2. The highest BCUT2D eigenvalue weighted by molar-refractivity contribution is 5.66. The van der Waals surface area contributed by atoms with Crippen molar-refractivity contribution in [2.45, 2.75) is 192 Å². The second kappa shape index (κ2) is 39.6. The van der Waals surface area contributed by atoms with E-state index in [0.717, 1.165) is 25.7 Å². The minimum atomic E-state index is -1.67. The molecule has 276 valence electrons. The van der Waals surface area contributed by atoms with Crippen molar-refractivity contribution >= 4 is 11.9 Å². The van der Waals surface area contributed by atoms with Crippen LogP contribution in [0.2, 0.25) is 0 Å². The smallest absolute Gasteiger partial charge is 0.303 e. The molecule has 0 aliphatic rings. The molecule has 0 aromatic heterocycles. The number of aliphatic hydroxyl groups excluding tert-OH is 6. The number of hydrogen-bond donors (Lipinski definition) is 8. The Morgan fingerprint density at radius 1 is 0.457 bits per heavy atom. The first-order valence-corrected chi connectivity index (χ1v) is 18.1. The molecular formula is C36H72O10. The van der Waals surface area contributed by atoms with Crippen LogP contribution in [0.1, 0.15) is 168 Å². The SMILES string of the molecule is CCCCCCCC/C=C\CCCCCCCC(=O)O.CCCCCCCCCCCC(=O)O.OCC(O)C(O)C(O)C(O)CO. The third-order valence-corrected chi connectivity index (χ3v) is 7.66. The first-order valence-electron chi connectivity index (χ1n) is 18.1. The Hall–Kier alpha value is -1.56. The zero-order valence-corrected chi connectivity index (χ0v) is 29.2. The number of hydrogen-bond acceptors (Lipinski definition) is 8. The lowest BCUT2D eigenvalue weighted by molar-refractivity contribution is -0.138. The molecule has 0 amide bonds. The van der Waals surface area contributed by atoms with Crippen LogP contribution in [0.4, 0.5) is 0 Å². The zero-order valence-electron chi connectivity index (χ0n) is 29.2. The van der Waals surface area contributed by atoms with E-state index in [0.29, 0.717) is 12.8 Å². The normalized spacial score (nSPS) is 13.7. The van der Waals surface area contributed by atoms with Crippen molar-refractivity contribution in [2.75, 3.05) is 13.2 Å². The Morgan fingerprint density at radius 3 is 0.978 bits per heavy atom. The van der Waals surface area contributed by atoms with Crippen LogP contribution in [0.15, 0.2) is 12.2 Å². The molecule has 10 nitrogen and oxygen atoms in total. The molecule has 8 N–H and O–H groups in total. The Balaban J connectivity index is -0.000000628. The molecule has 4 unspecified atom stereocenters. The lowest BCUT2D eigenvalue weighted by atomic mass is 10.0. The van der Waals surface area contributed by atoms with E-state index in [9.17, 15) is 9.59 Å². The van der Waals surface area contributed by atoms with Crippen molar-refractivity contribution in [3.05, 3.63) is 12.2 Å². The second-order valence-electron chi connectivity index (χ2n) is 12.2. The van der Waals surface area contributed by atoms with Crippen LogP contribution in [-0.2, 0) is 9.59 Å². The van der Waals surface area contributed by atoms with Crippen LogP contribution in [0, 0.1) is 0 Å². The van der Waals surface area contributed by atoms with Gasteiger partial charge in [0.25, 0.3) is 0 Å². The van der Waals surface area contributed by atoms with E-state index >= 15 is 0 Å². The molecule has 0 rings (SSSR count). The molecule has 0 aromatic rings. The Bertz CT molecular complexity index is 645. The van der Waals surface area contributed by atoms with E-state index < -0.39 is 49.6 Å². The summed E-state index contributed by atoms with van der Waals surface area (Å²) in [6.45, 7) is 3.04. The molecule has 0 spiro atoms. The second-order valence-corrected chi connectivity index (χ2v) is 12.2. The van der Waals surface area contributed by atoms with Crippen LogP contribution in [0.5, 0.6) is 0 Å². The number of aliphatic carboxylic acids is 2. The van der Waals surface area contributed by atoms with Crippen molar-refractivity contribution in [2.24, 2.45) is 0 Å². The van der Waals surface area contributed by atoms with E-state index in [4.69, 9.17) is 40.9 Å². The molecule has 0 radical (unpaired) electrons. The molecule has 0 bridgehead atoms. The van der Waals surface area contributed by atoms with Gasteiger partial charge in [-0.05, 0) is 38.5 Å². The van der Waals surface area contributed by atoms with E-state index in [1.54, 1.807) is 0 Å². The van der Waals surface area contributed by atoms with Gasteiger partial charge in [-0.15, -0.1) is 0 Å². The first kappa shape index (κ1) is 48.8. The van der Waals surface area contributed by atoms with Crippen LogP contribution >= 0.6 is 0 Å². The highest BCUT2D eigenvalue weighted by Crippen LogP contribution is 2.11. The number of carbonyl (C=O) groups is 2. The van der Waals surface area contributed by atoms with Gasteiger partial charge in [0.05, 0.1) is 13.2 Å². The fourth-order valence-corrected chi connectivity index (χ4v) is 4.61. The number of carboxylic acids is 2. The molecular weight excluding hydrogens is 592 g/mol. The van der Waals surface area contributed by atoms with Gasteiger partial charge in [0.1, 0.15) is 24.4 Å². The predicted molar refractivity (Wildman–Crippen MR) is 185 cm³/mol. The third-order valence-electron chi connectivity index (χ3n) is 7.66. The molecule has 0 saturated heterocycles. The Labute approximate surface area is 280 Å². The average molecular weight is 665 g/mol. The summed E-state index contributed by atoms with van der Waals surface area (Å²) < 4.78 is 0. The average Bonchev–Trinajstić information content (AvgIpc) is 3.04. The third kappa shape index (κ3) is 40.5. The molecule has 0 heterocycles. The van der Waals surface area contributed by atoms with Crippen LogP contribution in [-0.4, -0.2) is 90.4 Å². The Kier molecular flexibility index (Phi) is 42.1. The van der Waals surface area contributed by atoms with E-state index in [2.05, 4.69) is 26.0 Å². The minimum Gasteiger partial charge on any atom is -0.481 e. The monoisotopic (exact) mass is 665 g/mol. The molecule has 4 atom stereocenters. The van der Waals surface area contributed by atoms with E-state index in [1.165, 1.54) is 116 Å². The van der Waals surface area contributed by atoms with Crippen molar-refractivity contribution in [1.29, 1.82) is 0 Å². The van der Waals surface area contributed by atoms with Gasteiger partial charge in [-0.3, -0.25) is 9.59 Å². The van der Waals surface area contributed by atoms with Gasteiger partial charge in [0, 0.05) is 12.8 Å². The van der Waals surface area contributed by atoms with Crippen molar-refractivity contribution in [3.63, 3.8) is 0 Å². The van der Waals surface area contributed by atoms with Crippen LogP contribution < -0.4 is 0 Å². The maximum Gasteiger partial charge on any atom is 0.303 e. The molecule has 10 heteroatoms. The summed E-state index contributed by atoms with van der Waals surface area (Å²) >= 11 is 0. The van der Waals surface area contributed by atoms with Crippen LogP contribution in [0.3, 0.4) is 0 Å². The molecule has 0 aliphatic carbocycles. The molecule has 46 heavy (non-hydrogen) atoms. The largest absolute Gasteiger partial charge is 0.481 e. The van der Waals surface area contributed by atoms with Crippen molar-refractivity contribution < 1.29 is 50.4 Å². The standard InChI is InChI=1S/C18H34O2.C12H24O2.C6H14O6/c1-2-3-4-5-6-7-8-9-10-11-12-13-14-15-16-17-18(19)20;1-2-3-4-5-6-7-8-9-10-11-12(13)14;7-1-3(9)5(11)6(12)4(10)2-8/h9-10H,2-8,11-17H2,1H3,(H,19,20);2-11H2,1H3,(H,13,14);3-12H,1-2H2/b10-9-;;. The fourth-order valence-electron chi connectivity index (χ4n) is 4.61. The number of rotatable bonds is 30. The predicted octanol–water partition coefficient (Wildman–Crippen LogP) is 6.52. The molecule has 0 fully saturated rings. The highest BCUT2D eigenvalue weighted by atomic mass is 16.4. The van der Waals surface area contributed by atoms with Gasteiger partial charge in [-0.1, -0.05) is 129 Å².